The lowest BCUT2D eigenvalue weighted by atomic mass is 9.96. The zero-order valence-electron chi connectivity index (χ0n) is 74.3. The van der Waals surface area contributed by atoms with E-state index in [0.717, 1.165) is 25.6 Å². The summed E-state index contributed by atoms with van der Waals surface area (Å²) < 4.78 is 14.6. The molecule has 0 radical (unpaired) electrons. The van der Waals surface area contributed by atoms with Crippen LogP contribution in [-0.4, -0.2) is 310 Å². The van der Waals surface area contributed by atoms with Gasteiger partial charge in [0, 0.05) is 74.3 Å². The van der Waals surface area contributed by atoms with Crippen LogP contribution >= 0.6 is 35.3 Å². The molecule has 2 unspecified atom stereocenters. The third-order valence-electron chi connectivity index (χ3n) is 22.3. The molecule has 5 heterocycles. The summed E-state index contributed by atoms with van der Waals surface area (Å²) in [5.41, 5.74) is 7.53. The van der Waals surface area contributed by atoms with Crippen LogP contribution in [0.1, 0.15) is 135 Å². The zero-order chi connectivity index (χ0) is 96.3. The number of nitrogens with two attached hydrogens (primary N) is 1. The second-order valence-electron chi connectivity index (χ2n) is 33.6. The van der Waals surface area contributed by atoms with Crippen molar-refractivity contribution in [3.05, 3.63) is 36.0 Å². The molecule has 4 saturated heterocycles. The molecule has 1 aromatic heterocycles. The summed E-state index contributed by atoms with van der Waals surface area (Å²) in [5, 5.41) is 72.5. The van der Waals surface area contributed by atoms with Gasteiger partial charge in [0.25, 0.3) is 0 Å². The lowest BCUT2D eigenvalue weighted by Crippen LogP contribution is -2.63. The Kier molecular flexibility index (Phi) is 41.9. The Morgan fingerprint density at radius 3 is 1.60 bits per heavy atom. The summed E-state index contributed by atoms with van der Waals surface area (Å²) in [6.45, 7) is 17.8. The van der Waals surface area contributed by atoms with Gasteiger partial charge in [-0.1, -0.05) is 114 Å². The second kappa shape index (κ2) is 50.5. The number of amides is 18. The molecule has 716 valence electrons. The molecule has 6 rings (SSSR count). The first-order valence-corrected chi connectivity index (χ1v) is 47.3. The highest BCUT2D eigenvalue weighted by Crippen LogP contribution is 2.25. The molecule has 2 aromatic rings. The van der Waals surface area contributed by atoms with Gasteiger partial charge in [-0.3, -0.25) is 95.3 Å². The summed E-state index contributed by atoms with van der Waals surface area (Å²) in [7, 11) is -2.60. The summed E-state index contributed by atoms with van der Waals surface area (Å²) in [6.07, 6.45) is -0.198. The third kappa shape index (κ3) is 31.5. The Labute approximate surface area is 761 Å². The molecule has 1 aromatic carbocycles. The van der Waals surface area contributed by atoms with Gasteiger partial charge < -0.3 is 122 Å². The number of aromatic nitrogens is 1. The number of hydrogen-bond donors (Lipinski definition) is 23. The van der Waals surface area contributed by atoms with Crippen LogP contribution in [0.3, 0.4) is 0 Å². The maximum absolute atomic E-state index is 15.9. The molecule has 18 amide bonds. The topological polar surface area (TPSA) is 678 Å². The average molecular weight is 1890 g/mol. The van der Waals surface area contributed by atoms with Crippen LogP contribution < -0.4 is 101 Å². The molecule has 4 fully saturated rings. The van der Waals surface area contributed by atoms with Crippen molar-refractivity contribution in [3.63, 3.8) is 0 Å². The fourth-order valence-corrected chi connectivity index (χ4v) is 18.5. The van der Waals surface area contributed by atoms with E-state index in [2.05, 4.69) is 101 Å². The van der Waals surface area contributed by atoms with Gasteiger partial charge in [0.2, 0.25) is 106 Å². The van der Waals surface area contributed by atoms with Gasteiger partial charge in [0.1, 0.15) is 96.7 Å². The lowest BCUT2D eigenvalue weighted by Gasteiger charge is -2.32. The highest BCUT2D eigenvalue weighted by atomic mass is 32.2. The Balaban J connectivity index is 1.62. The summed E-state index contributed by atoms with van der Waals surface area (Å²) >= 11 is 2.12. The van der Waals surface area contributed by atoms with E-state index in [4.69, 9.17) is 5.73 Å². The molecule has 4 aliphatic rings. The van der Waals surface area contributed by atoms with Crippen LogP contribution in [0.5, 0.6) is 0 Å². The van der Waals surface area contributed by atoms with Crippen molar-refractivity contribution in [1.82, 2.24) is 101 Å². The Morgan fingerprint density at radius 2 is 1.00 bits per heavy atom. The minimum atomic E-state index is -2.60. The van der Waals surface area contributed by atoms with E-state index in [-0.39, 0.29) is 25.7 Å². The van der Waals surface area contributed by atoms with E-state index in [0.29, 0.717) is 40.0 Å². The van der Waals surface area contributed by atoms with Gasteiger partial charge in [-0.15, -0.1) is 0 Å². The number of hydrogen-bond acceptors (Lipinski definition) is 26. The molecule has 48 heteroatoms. The minimum absolute atomic E-state index is 0.0970. The van der Waals surface area contributed by atoms with Crippen molar-refractivity contribution in [1.29, 1.82) is 0 Å². The monoisotopic (exact) mass is 1890 g/mol. The largest absolute Gasteiger partial charge is 0.481 e. The fourth-order valence-electron chi connectivity index (χ4n) is 13.9. The number of aliphatic hydroxyl groups excluding tert-OH is 1. The number of aliphatic hydroxyl groups is 1. The molecule has 4 aliphatic heterocycles. The number of benzene rings is 1. The van der Waals surface area contributed by atoms with Crippen LogP contribution in [-0.2, 0) is 113 Å². The number of carbonyl (C=O) groups excluding carboxylic acids is 18. The molecule has 0 spiro atoms. The molecule has 0 saturated carbocycles. The standard InChI is InChI=1S/C81H124N20O24S4/c1-15-37(9)60-76(118)88-47(21-22-57(105)106)69(111)91-52-31-127-40(12)62(101-73(115)51-30-126-29-45(82)66(108)90-50(28-102)67(109)84-26-55(103)87-49(71(113)96-58(35(5)6)74(116)92-51)24-43-25-83-46-20-18-17-19-44(43)46)78(120)89-48(23-34(3)4)70(112)100-63(79(121)99-60)41(13)128-32-53-72(114)86-39(11)65(107)94-54(81(123)124)33-129(125)42(14)64(95-56(104)27-85-68(52)110)80(122)97-59(36(7)8)75(117)98-61(38(10)16-2)77(119)93-53/h17-20,25,34-42,45,47-54,58-64,83,102H,15-16,21-24,26-33,82H2,1-14H3,(H,84,109)(H,85,110)(H,86,114)(H,87,103)(H,88,118)(H,89,120)(H,90,108)(H,91,111)(H,92,116)(H,93,119)(H,94,107)(H,95,104)(H,96,113)(H,97,122)(H,98,117)(H,99,121)(H,100,112)(H,101,115)(H,105,106)(H,123,124)/t37-,38-,39-,40-,41-,42-,45+,47-,48-,49-,50+,51-,52-,53-,54-,58-,59-,60-,61-,62+,63?,64+,129?/m0/s1. The molecule has 23 atom stereocenters. The number of rotatable bonds is 17. The van der Waals surface area contributed by atoms with E-state index in [1.54, 1.807) is 65.1 Å². The number of carbonyl (C=O) groups is 20. The SMILES string of the molecule is CC[C@H](C)[C@@H]1NC(=O)C2NC(=O)[C@H](CC(C)C)NC(=O)[C@H](NC(=O)[C@@H]3CSC[C@@H](N)C(=O)N[C@H](CO)C(=O)NCC(=O)N[C@@H](Cc4c[nH]c5ccccc45)C(=O)N[C@@H](C(C)C)C(=O)N3)[C@H](C)SC[C@H](NC(=O)[C@H](CCC(=O)O)NC1=O)C(=O)NCC(=O)N[C@H]1C(=O)N[C@@H](C(C)C)C(=O)N[C@@H]([C@@H](C)CC)C(=O)N[C@@H](CS[C@H]2C)C(=O)N[C@@H](C)C(=O)N[C@H](C(=O)O)CS(=O)[C@H]1C. The van der Waals surface area contributed by atoms with Crippen molar-refractivity contribution in [2.24, 2.45) is 35.3 Å². The van der Waals surface area contributed by atoms with Gasteiger partial charge in [-0.25, -0.2) is 4.79 Å². The number of H-pyrrole nitrogens is 1. The van der Waals surface area contributed by atoms with Crippen molar-refractivity contribution in [3.8, 4) is 0 Å². The number of carboxylic acid groups (broad SMARTS) is 2. The minimum Gasteiger partial charge on any atom is -0.481 e. The van der Waals surface area contributed by atoms with Crippen LogP contribution in [0.2, 0.25) is 0 Å². The van der Waals surface area contributed by atoms with Gasteiger partial charge in [-0.2, -0.15) is 35.3 Å². The van der Waals surface area contributed by atoms with E-state index in [1.165, 1.54) is 48.5 Å². The van der Waals surface area contributed by atoms with E-state index < -0.39 is 338 Å². The highest BCUT2D eigenvalue weighted by molar-refractivity contribution is 8.00. The number of fused-ring (bicyclic) bond motifs is 19. The predicted molar refractivity (Wildman–Crippen MR) is 476 cm³/mol. The third-order valence-corrected chi connectivity index (χ3v) is 27.8. The Bertz CT molecular complexity index is 4470. The lowest BCUT2D eigenvalue weighted by molar-refractivity contribution is -0.141. The second-order valence-corrected chi connectivity index (χ2v) is 39.3. The highest BCUT2D eigenvalue weighted by Gasteiger charge is 2.45. The molecule has 4 bridgehead atoms. The van der Waals surface area contributed by atoms with Crippen molar-refractivity contribution >= 4 is 175 Å². The van der Waals surface area contributed by atoms with Crippen molar-refractivity contribution in [2.75, 3.05) is 48.5 Å². The van der Waals surface area contributed by atoms with Gasteiger partial charge in [0.15, 0.2) is 0 Å². The van der Waals surface area contributed by atoms with E-state index >= 15 is 43.2 Å². The molecular weight excluding hydrogens is 1770 g/mol. The first-order chi connectivity index (χ1) is 60.7. The Hall–Kier alpha value is -10.7. The molecule has 129 heavy (non-hydrogen) atoms. The predicted octanol–water partition coefficient (Wildman–Crippen LogP) is -6.39. The van der Waals surface area contributed by atoms with E-state index in [1.807, 2.05) is 0 Å². The number of para-hydroxylation sites is 1. The average Bonchev–Trinajstić information content (AvgIpc) is 1.73. The van der Waals surface area contributed by atoms with Gasteiger partial charge in [0.05, 0.1) is 36.7 Å². The van der Waals surface area contributed by atoms with Crippen LogP contribution in [0, 0.1) is 29.6 Å². The maximum Gasteiger partial charge on any atom is 0.327 e. The van der Waals surface area contributed by atoms with Crippen LogP contribution in [0.4, 0.5) is 0 Å². The number of nitrogens with one attached hydrogen (secondary N) is 19. The van der Waals surface area contributed by atoms with Gasteiger partial charge >= 0.3 is 11.9 Å². The fraction of sp³-hybridized carbons (Fsp3) is 0.654. The van der Waals surface area contributed by atoms with Gasteiger partial charge in [-0.05, 0) is 67.9 Å². The zero-order valence-corrected chi connectivity index (χ0v) is 77.6. The molecule has 44 nitrogen and oxygen atoms in total. The Morgan fingerprint density at radius 1 is 0.496 bits per heavy atom. The smallest absolute Gasteiger partial charge is 0.327 e. The number of thioether (sulfide) groups is 3. The molecule has 24 N–H and O–H groups in total. The molecule has 0 aliphatic carbocycles. The van der Waals surface area contributed by atoms with Crippen molar-refractivity contribution < 1.29 is 115 Å². The number of aromatic amines is 1. The maximum atomic E-state index is 15.9. The van der Waals surface area contributed by atoms with Crippen molar-refractivity contribution in [2.45, 2.75) is 254 Å². The van der Waals surface area contributed by atoms with Crippen LogP contribution in [0.25, 0.3) is 10.9 Å². The quantitative estimate of drug-likeness (QED) is 0.0655. The van der Waals surface area contributed by atoms with Crippen LogP contribution in [0.15, 0.2) is 30.5 Å². The number of carboxylic acids is 2. The first-order valence-electron chi connectivity index (χ1n) is 42.6. The first kappa shape index (κ1) is 107. The van der Waals surface area contributed by atoms with E-state index in [9.17, 15) is 72.3 Å². The summed E-state index contributed by atoms with van der Waals surface area (Å²) in [6, 6.07) is -23.2. The normalized spacial score (nSPS) is 30.4. The summed E-state index contributed by atoms with van der Waals surface area (Å²) in [5.74, 6) is -30.7. The number of aliphatic carboxylic acids is 2. The summed E-state index contributed by atoms with van der Waals surface area (Å²) in [4.78, 5) is 296. The molecular formula is C81H124N20O24S4.